The largest absolute Gasteiger partial charge is 0.507 e. The molecule has 5 N–H and O–H groups in total. The first-order valence-corrected chi connectivity index (χ1v) is 18.5. The lowest BCUT2D eigenvalue weighted by Gasteiger charge is -2.42. The van der Waals surface area contributed by atoms with Crippen molar-refractivity contribution in [2.24, 2.45) is 0 Å². The molecule has 1 amide bonds. The van der Waals surface area contributed by atoms with Gasteiger partial charge in [0, 0.05) is 36.0 Å². The number of hydrogen-bond acceptors (Lipinski definition) is 16. The molecular formula is C40H40N4O14. The third-order valence-electron chi connectivity index (χ3n) is 10.9. The quantitative estimate of drug-likeness (QED) is 0.120. The van der Waals surface area contributed by atoms with Crippen molar-refractivity contribution in [3.63, 3.8) is 0 Å². The molecule has 58 heavy (non-hydrogen) atoms. The van der Waals surface area contributed by atoms with Crippen LogP contribution in [0.4, 0.5) is 0 Å². The Bertz CT molecular complexity index is 2340. The van der Waals surface area contributed by atoms with Gasteiger partial charge in [0.05, 0.1) is 61.5 Å². The molecule has 0 radical (unpaired) electrons. The van der Waals surface area contributed by atoms with E-state index in [2.05, 4.69) is 15.6 Å². The minimum atomic E-state index is -2.11. The van der Waals surface area contributed by atoms with Crippen LogP contribution in [0.1, 0.15) is 87.0 Å². The minimum absolute atomic E-state index is 0.0553. The number of nitrogens with one attached hydrogen (secondary N) is 1. The number of methoxy groups -OCH3 is 1. The van der Waals surface area contributed by atoms with Crippen molar-refractivity contribution in [3.05, 3.63) is 87.2 Å². The topological polar surface area (TPSA) is 247 Å². The summed E-state index contributed by atoms with van der Waals surface area (Å²) in [6.07, 6.45) is -4.15. The summed E-state index contributed by atoms with van der Waals surface area (Å²) < 4.78 is 35.4. The molecule has 0 bridgehead atoms. The Morgan fingerprint density at radius 1 is 1.03 bits per heavy atom. The fraction of sp³-hybridized carbons (Fsp3) is 0.400. The average molecular weight is 801 g/mol. The number of ether oxygens (including phenoxy) is 6. The molecule has 4 aromatic rings. The normalized spacial score (nSPS) is 24.5. The molecule has 0 spiro atoms. The molecule has 1 fully saturated rings. The lowest BCUT2D eigenvalue weighted by molar-refractivity contribution is -0.249. The van der Waals surface area contributed by atoms with Gasteiger partial charge in [-0.1, -0.05) is 23.4 Å². The zero-order chi connectivity index (χ0) is 41.0. The van der Waals surface area contributed by atoms with Crippen molar-refractivity contribution in [2.45, 2.75) is 89.1 Å². The average Bonchev–Trinajstić information content (AvgIpc) is 3.85. The van der Waals surface area contributed by atoms with E-state index in [0.717, 1.165) is 12.5 Å². The van der Waals surface area contributed by atoms with Crippen LogP contribution in [0, 0.1) is 0 Å². The number of carbonyl (C=O) groups is 4. The molecular weight excluding hydrogens is 760 g/mol. The van der Waals surface area contributed by atoms with Crippen molar-refractivity contribution in [3.8, 4) is 28.7 Å². The maximum atomic E-state index is 13.9. The van der Waals surface area contributed by atoms with Crippen LogP contribution < -0.4 is 19.5 Å². The first-order valence-electron chi connectivity index (χ1n) is 18.5. The second-order valence-electron chi connectivity index (χ2n) is 14.7. The molecule has 8 rings (SSSR count). The van der Waals surface area contributed by atoms with Crippen molar-refractivity contribution in [1.29, 1.82) is 0 Å². The Balaban J connectivity index is 0.978. The fourth-order valence-electron chi connectivity index (χ4n) is 7.95. The molecule has 1 aromatic heterocycles. The zero-order valence-corrected chi connectivity index (χ0v) is 31.6. The van der Waals surface area contributed by atoms with Crippen molar-refractivity contribution >= 4 is 23.3 Å². The fourth-order valence-corrected chi connectivity index (χ4v) is 7.95. The number of aromatic hydroxyl groups is 2. The molecule has 2 aliphatic heterocycles. The van der Waals surface area contributed by atoms with Gasteiger partial charge in [0.15, 0.2) is 29.4 Å². The molecule has 0 saturated carbocycles. The van der Waals surface area contributed by atoms with Crippen molar-refractivity contribution < 1.29 is 68.0 Å². The number of carbonyl (C=O) groups excluding carboxylic acids is 4. The Labute approximate surface area is 330 Å². The number of fused-ring (bicyclic) bond motifs is 4. The summed E-state index contributed by atoms with van der Waals surface area (Å²) in [7, 11) is 1.32. The van der Waals surface area contributed by atoms with E-state index in [1.807, 2.05) is 12.1 Å². The second-order valence-corrected chi connectivity index (χ2v) is 14.7. The van der Waals surface area contributed by atoms with Gasteiger partial charge in [0.1, 0.15) is 41.2 Å². The molecule has 1 saturated heterocycles. The lowest BCUT2D eigenvalue weighted by atomic mass is 9.72. The van der Waals surface area contributed by atoms with E-state index < -0.39 is 95.0 Å². The van der Waals surface area contributed by atoms with Gasteiger partial charge in [-0.05, 0) is 37.6 Å². The monoisotopic (exact) mass is 800 g/mol. The highest BCUT2D eigenvalue weighted by Crippen LogP contribution is 2.52. The minimum Gasteiger partial charge on any atom is -0.507 e. The van der Waals surface area contributed by atoms with E-state index in [9.17, 15) is 39.6 Å². The number of ketones is 3. The lowest BCUT2D eigenvalue weighted by Crippen LogP contribution is -2.56. The van der Waals surface area contributed by atoms with Gasteiger partial charge < -0.3 is 54.2 Å². The van der Waals surface area contributed by atoms with E-state index in [1.54, 1.807) is 19.2 Å². The number of aliphatic hydroxyl groups is 2. The SMILES string of the molecule is COc1cccc2c1C(=O)c1c(O)c3c(c(O)c1C2=O)C[C@@](O)(C(C)=O)C[C@@H]3O[C@H]1C[C@H](NC(=O)Cn2cc(COCc3ccc4c(c3)OCO4)nn2)[C@H](O)[C@H](C)O1. The van der Waals surface area contributed by atoms with Crippen LogP contribution in [0.15, 0.2) is 42.6 Å². The van der Waals surface area contributed by atoms with Crippen LogP contribution >= 0.6 is 0 Å². The van der Waals surface area contributed by atoms with Crippen molar-refractivity contribution in [2.75, 3.05) is 13.9 Å². The van der Waals surface area contributed by atoms with Crippen LogP contribution in [0.3, 0.4) is 0 Å². The van der Waals surface area contributed by atoms with E-state index in [0.29, 0.717) is 17.2 Å². The Morgan fingerprint density at radius 3 is 2.59 bits per heavy atom. The smallest absolute Gasteiger partial charge is 0.242 e. The van der Waals surface area contributed by atoms with Crippen molar-refractivity contribution in [1.82, 2.24) is 20.3 Å². The number of Topliss-reactive ketones (excluding diaryl/α,β-unsaturated/α-hetero) is 1. The predicted octanol–water partition coefficient (Wildman–Crippen LogP) is 1.92. The highest BCUT2D eigenvalue weighted by atomic mass is 16.7. The van der Waals surface area contributed by atoms with Gasteiger partial charge in [-0.25, -0.2) is 4.68 Å². The molecule has 18 nitrogen and oxygen atoms in total. The molecule has 2 aliphatic carbocycles. The summed E-state index contributed by atoms with van der Waals surface area (Å²) in [5, 5.41) is 56.8. The van der Waals surface area contributed by atoms with Gasteiger partial charge in [0.25, 0.3) is 0 Å². The highest BCUT2D eigenvalue weighted by molar-refractivity contribution is 6.31. The summed E-state index contributed by atoms with van der Waals surface area (Å²) in [5.41, 5.74) is -2.15. The summed E-state index contributed by atoms with van der Waals surface area (Å²) in [6, 6.07) is 8.95. The molecule has 18 heteroatoms. The number of nitrogens with zero attached hydrogens (tertiary/aromatic N) is 3. The van der Waals surface area contributed by atoms with Crippen LogP contribution in [0.2, 0.25) is 0 Å². The number of rotatable bonds is 11. The number of phenols is 2. The van der Waals surface area contributed by atoms with Gasteiger partial charge >= 0.3 is 0 Å². The van der Waals surface area contributed by atoms with Gasteiger partial charge in [-0.2, -0.15) is 0 Å². The maximum Gasteiger partial charge on any atom is 0.242 e. The number of phenolic OH excluding ortho intramolecular Hbond substituents is 2. The van der Waals surface area contributed by atoms with E-state index in [-0.39, 0.29) is 61.0 Å². The Kier molecular flexibility index (Phi) is 10.1. The van der Waals surface area contributed by atoms with Gasteiger partial charge in [-0.3, -0.25) is 19.2 Å². The van der Waals surface area contributed by atoms with E-state index in [1.165, 1.54) is 30.0 Å². The number of aromatic nitrogens is 3. The third-order valence-corrected chi connectivity index (χ3v) is 10.9. The number of aliphatic hydroxyl groups excluding tert-OH is 1. The summed E-state index contributed by atoms with van der Waals surface area (Å²) >= 11 is 0. The maximum absolute atomic E-state index is 13.9. The van der Waals surface area contributed by atoms with Crippen LogP contribution in [0.25, 0.3) is 0 Å². The standard InChI is InChI=1S/C40H40N4O14/c1-18-35(47)24(41-29(46)14-44-13-21(42-43-44)16-54-15-20-7-8-25-27(9-20)56-17-55-25)10-30(57-18)58-28-12-40(52,19(2)45)11-23-32(28)39(51)34-33(37(23)49)36(48)22-5-4-6-26(53-3)31(22)38(34)50/h4-9,13,18,24,28,30,35,47,49,51-52H,10-12,14-17H2,1-3H3,(H,41,46)/t18-,24-,28-,30-,35+,40-/m0/s1. The number of benzene rings is 3. The molecule has 4 aliphatic rings. The summed E-state index contributed by atoms with van der Waals surface area (Å²) in [4.78, 5) is 53.8. The predicted molar refractivity (Wildman–Crippen MR) is 195 cm³/mol. The third kappa shape index (κ3) is 6.92. The number of amides is 1. The van der Waals surface area contributed by atoms with Crippen LogP contribution in [-0.4, -0.2) is 103 Å². The molecule has 0 unspecified atom stereocenters. The van der Waals surface area contributed by atoms with E-state index >= 15 is 0 Å². The molecule has 6 atom stereocenters. The Morgan fingerprint density at radius 2 is 1.81 bits per heavy atom. The highest BCUT2D eigenvalue weighted by Gasteiger charge is 2.49. The van der Waals surface area contributed by atoms with Crippen LogP contribution in [-0.2, 0) is 50.0 Å². The van der Waals surface area contributed by atoms with Crippen LogP contribution in [0.5, 0.6) is 28.7 Å². The first-order chi connectivity index (χ1) is 27.8. The molecule has 3 heterocycles. The van der Waals surface area contributed by atoms with Gasteiger partial charge in [-0.15, -0.1) is 5.10 Å². The summed E-state index contributed by atoms with van der Waals surface area (Å²) in [6.45, 7) is 3.03. The summed E-state index contributed by atoms with van der Waals surface area (Å²) in [5.74, 6) is -2.71. The molecule has 304 valence electrons. The Hall–Kier alpha value is -5.92. The molecule has 3 aromatic carbocycles. The number of hydrogen-bond donors (Lipinski definition) is 5. The van der Waals surface area contributed by atoms with Gasteiger partial charge in [0.2, 0.25) is 18.5 Å². The second kappa shape index (κ2) is 15.1. The van der Waals surface area contributed by atoms with E-state index in [4.69, 9.17) is 28.4 Å². The zero-order valence-electron chi connectivity index (χ0n) is 31.6. The first kappa shape index (κ1) is 38.9.